The summed E-state index contributed by atoms with van der Waals surface area (Å²) < 4.78 is 27.6. The van der Waals surface area contributed by atoms with Crippen LogP contribution >= 0.6 is 11.6 Å². The van der Waals surface area contributed by atoms with E-state index in [0.29, 0.717) is 16.5 Å². The van der Waals surface area contributed by atoms with Crippen molar-refractivity contribution in [3.05, 3.63) is 41.2 Å². The highest BCUT2D eigenvalue weighted by atomic mass is 35.5. The van der Waals surface area contributed by atoms with Gasteiger partial charge in [0.15, 0.2) is 0 Å². The van der Waals surface area contributed by atoms with Crippen LogP contribution in [0.1, 0.15) is 45.6 Å². The number of nitrogens with zero attached hydrogens (tertiary/aromatic N) is 3. The monoisotopic (exact) mass is 488 g/mol. The van der Waals surface area contributed by atoms with Gasteiger partial charge in [0.25, 0.3) is 0 Å². The molecule has 176 valence electrons. The molecule has 2 saturated heterocycles. The predicted octanol–water partition coefficient (Wildman–Crippen LogP) is 3.81. The van der Waals surface area contributed by atoms with E-state index >= 15 is 0 Å². The molecule has 0 bridgehead atoms. The normalized spacial score (nSPS) is 21.9. The fourth-order valence-corrected chi connectivity index (χ4v) is 7.63. The van der Waals surface area contributed by atoms with Crippen molar-refractivity contribution in [3.63, 3.8) is 0 Å². The van der Waals surface area contributed by atoms with Crippen LogP contribution in [0.2, 0.25) is 5.02 Å². The van der Waals surface area contributed by atoms with Crippen molar-refractivity contribution in [2.75, 3.05) is 24.5 Å². The standard InChI is InChI=1S/C24H29ClN4O3S/c1-23(2,3)29-15-17-12-16(4-5-20(17)33(29,31)32)18-13-26-14-19(25)21(18)28-10-7-24(8-11-28)6-9-27-22(24)30/h4-5,12-14H,6-11,15H2,1-3H3,(H,27,30). The SMILES string of the molecule is CC(C)(C)N1Cc2cc(-c3cncc(Cl)c3N3CCC4(CCNC4=O)CC3)ccc2S1(=O)=O. The highest BCUT2D eigenvalue weighted by molar-refractivity contribution is 7.89. The zero-order valence-electron chi connectivity index (χ0n) is 19.2. The van der Waals surface area contributed by atoms with Crippen molar-refractivity contribution in [1.82, 2.24) is 14.6 Å². The number of anilines is 1. The van der Waals surface area contributed by atoms with Crippen LogP contribution in [0.25, 0.3) is 11.1 Å². The summed E-state index contributed by atoms with van der Waals surface area (Å²) in [5, 5.41) is 3.54. The lowest BCUT2D eigenvalue weighted by Gasteiger charge is -2.39. The molecule has 2 fully saturated rings. The van der Waals surface area contributed by atoms with Crippen LogP contribution in [0.5, 0.6) is 0 Å². The number of piperidine rings is 1. The molecule has 0 atom stereocenters. The number of aromatic nitrogens is 1. The van der Waals surface area contributed by atoms with Gasteiger partial charge in [0, 0.05) is 49.7 Å². The van der Waals surface area contributed by atoms with Gasteiger partial charge in [-0.2, -0.15) is 4.31 Å². The Hall–Kier alpha value is -2.16. The zero-order valence-corrected chi connectivity index (χ0v) is 20.8. The summed E-state index contributed by atoms with van der Waals surface area (Å²) in [6.07, 6.45) is 5.91. The summed E-state index contributed by atoms with van der Waals surface area (Å²) in [5.74, 6) is 0.173. The first-order valence-corrected chi connectivity index (χ1v) is 13.2. The number of rotatable bonds is 2. The van der Waals surface area contributed by atoms with Gasteiger partial charge in [0.1, 0.15) is 0 Å². The molecule has 3 aliphatic heterocycles. The summed E-state index contributed by atoms with van der Waals surface area (Å²) in [6, 6.07) is 5.49. The number of halogens is 1. The highest BCUT2D eigenvalue weighted by Gasteiger charge is 2.45. The quantitative estimate of drug-likeness (QED) is 0.695. The molecule has 9 heteroatoms. The predicted molar refractivity (Wildman–Crippen MR) is 129 cm³/mol. The van der Waals surface area contributed by atoms with Crippen molar-refractivity contribution >= 4 is 33.2 Å². The van der Waals surface area contributed by atoms with Crippen LogP contribution in [0.15, 0.2) is 35.5 Å². The van der Waals surface area contributed by atoms with E-state index in [1.165, 1.54) is 0 Å². The zero-order chi connectivity index (χ0) is 23.6. The fraction of sp³-hybridized carbons (Fsp3) is 0.500. The Kier molecular flexibility index (Phi) is 5.27. The van der Waals surface area contributed by atoms with Crippen molar-refractivity contribution < 1.29 is 13.2 Å². The fourth-order valence-electron chi connectivity index (χ4n) is 5.39. The minimum absolute atomic E-state index is 0.173. The Balaban J connectivity index is 1.49. The largest absolute Gasteiger partial charge is 0.370 e. The number of amides is 1. The van der Waals surface area contributed by atoms with E-state index in [1.807, 2.05) is 32.9 Å². The van der Waals surface area contributed by atoms with Gasteiger partial charge in [-0.05, 0) is 63.3 Å². The lowest BCUT2D eigenvalue weighted by atomic mass is 9.77. The Bertz CT molecular complexity index is 1230. The summed E-state index contributed by atoms with van der Waals surface area (Å²) in [6.45, 7) is 8.30. The average Bonchev–Trinajstić information content (AvgIpc) is 3.25. The molecular weight excluding hydrogens is 460 g/mol. The van der Waals surface area contributed by atoms with Gasteiger partial charge in [0.05, 0.1) is 21.0 Å². The van der Waals surface area contributed by atoms with Crippen LogP contribution in [0.4, 0.5) is 5.69 Å². The number of sulfonamides is 1. The molecule has 1 N–H and O–H groups in total. The third kappa shape index (κ3) is 3.63. The second kappa shape index (κ2) is 7.68. The second-order valence-corrected chi connectivity index (χ2v) is 12.5. The molecule has 7 nitrogen and oxygen atoms in total. The molecule has 5 rings (SSSR count). The first-order valence-electron chi connectivity index (χ1n) is 11.4. The van der Waals surface area contributed by atoms with E-state index in [0.717, 1.165) is 61.3 Å². The lowest BCUT2D eigenvalue weighted by molar-refractivity contribution is -0.128. The van der Waals surface area contributed by atoms with Gasteiger partial charge in [-0.3, -0.25) is 9.78 Å². The minimum Gasteiger partial charge on any atom is -0.370 e. The smallest absolute Gasteiger partial charge is 0.244 e. The van der Waals surface area contributed by atoms with E-state index in [-0.39, 0.29) is 11.3 Å². The molecule has 0 aliphatic carbocycles. The van der Waals surface area contributed by atoms with Crippen molar-refractivity contribution in [2.45, 2.75) is 57.0 Å². The van der Waals surface area contributed by atoms with E-state index in [4.69, 9.17) is 11.6 Å². The Morgan fingerprint density at radius 1 is 1.12 bits per heavy atom. The molecule has 0 unspecified atom stereocenters. The molecule has 4 heterocycles. The second-order valence-electron chi connectivity index (χ2n) is 10.3. The molecule has 0 saturated carbocycles. The van der Waals surface area contributed by atoms with Crippen LogP contribution in [0.3, 0.4) is 0 Å². The summed E-state index contributed by atoms with van der Waals surface area (Å²) >= 11 is 6.65. The molecule has 1 aromatic heterocycles. The number of carbonyl (C=O) groups excluding carboxylic acids is 1. The van der Waals surface area contributed by atoms with E-state index in [9.17, 15) is 13.2 Å². The van der Waals surface area contributed by atoms with Gasteiger partial charge >= 0.3 is 0 Å². The lowest BCUT2D eigenvalue weighted by Crippen LogP contribution is -2.44. The topological polar surface area (TPSA) is 82.6 Å². The van der Waals surface area contributed by atoms with Crippen molar-refractivity contribution in [3.8, 4) is 11.1 Å². The Morgan fingerprint density at radius 3 is 2.48 bits per heavy atom. The van der Waals surface area contributed by atoms with Gasteiger partial charge in [-0.1, -0.05) is 17.7 Å². The minimum atomic E-state index is -3.52. The van der Waals surface area contributed by atoms with Gasteiger partial charge in [-0.15, -0.1) is 0 Å². The number of hydrogen-bond acceptors (Lipinski definition) is 5. The van der Waals surface area contributed by atoms with E-state index in [2.05, 4.69) is 15.2 Å². The van der Waals surface area contributed by atoms with Crippen LogP contribution in [-0.4, -0.2) is 48.8 Å². The molecule has 1 aromatic carbocycles. The molecule has 0 radical (unpaired) electrons. The van der Waals surface area contributed by atoms with Crippen LogP contribution in [-0.2, 0) is 21.4 Å². The first kappa shape index (κ1) is 22.6. The molecular formula is C24H29ClN4O3S. The maximum Gasteiger partial charge on any atom is 0.244 e. The Morgan fingerprint density at radius 2 is 1.85 bits per heavy atom. The third-order valence-corrected chi connectivity index (χ3v) is 9.77. The number of hydrogen-bond donors (Lipinski definition) is 1. The van der Waals surface area contributed by atoms with E-state index < -0.39 is 15.6 Å². The number of fused-ring (bicyclic) bond motifs is 1. The van der Waals surface area contributed by atoms with Crippen LogP contribution in [0, 0.1) is 5.41 Å². The van der Waals surface area contributed by atoms with E-state index in [1.54, 1.807) is 22.8 Å². The maximum absolute atomic E-state index is 13.0. The van der Waals surface area contributed by atoms with Crippen molar-refractivity contribution in [1.29, 1.82) is 0 Å². The molecule has 2 aromatic rings. The van der Waals surface area contributed by atoms with Gasteiger partial charge in [0.2, 0.25) is 15.9 Å². The highest BCUT2D eigenvalue weighted by Crippen LogP contribution is 2.44. The number of benzene rings is 1. The number of pyridine rings is 1. The number of nitrogens with one attached hydrogen (secondary N) is 1. The van der Waals surface area contributed by atoms with Gasteiger partial charge in [-0.25, -0.2) is 8.42 Å². The summed E-state index contributed by atoms with van der Waals surface area (Å²) in [4.78, 5) is 19.3. The summed E-state index contributed by atoms with van der Waals surface area (Å²) in [7, 11) is -3.52. The molecule has 33 heavy (non-hydrogen) atoms. The third-order valence-electron chi connectivity index (χ3n) is 7.28. The summed E-state index contributed by atoms with van der Waals surface area (Å²) in [5.41, 5.74) is 2.69. The maximum atomic E-state index is 13.0. The molecule has 1 spiro atoms. The number of carbonyl (C=O) groups is 1. The Labute approximate surface area is 200 Å². The molecule has 1 amide bonds. The van der Waals surface area contributed by atoms with Crippen LogP contribution < -0.4 is 10.2 Å². The average molecular weight is 489 g/mol. The molecule has 3 aliphatic rings. The van der Waals surface area contributed by atoms with Crippen molar-refractivity contribution in [2.24, 2.45) is 5.41 Å². The first-order chi connectivity index (χ1) is 15.5. The van der Waals surface area contributed by atoms with Gasteiger partial charge < -0.3 is 10.2 Å².